The molecule has 0 aromatic rings. The summed E-state index contributed by atoms with van der Waals surface area (Å²) in [6.45, 7) is 6.57. The lowest BCUT2D eigenvalue weighted by Crippen LogP contribution is -2.25. The molecule has 5 heteroatoms. The molecule has 5 nitrogen and oxygen atoms in total. The van der Waals surface area contributed by atoms with Crippen molar-refractivity contribution in [3.05, 3.63) is 0 Å². The lowest BCUT2D eigenvalue weighted by Gasteiger charge is -2.04. The summed E-state index contributed by atoms with van der Waals surface area (Å²) in [5.41, 5.74) is -0.305. The highest BCUT2D eigenvalue weighted by atomic mass is 16.6. The Kier molecular flexibility index (Phi) is 5.52. The first-order chi connectivity index (χ1) is 6.49. The Morgan fingerprint density at radius 1 is 1.36 bits per heavy atom. The van der Waals surface area contributed by atoms with Gasteiger partial charge in [-0.1, -0.05) is 5.16 Å². The Balaban J connectivity index is 4.51. The average molecular weight is 201 g/mol. The molecule has 0 aromatic carbocycles. The number of ketones is 1. The number of Topliss-reactive ketones (excluding diaryl/α,β-unsaturated/α-hetero) is 1. The third-order valence-electron chi connectivity index (χ3n) is 1.16. The number of oxime groups is 1. The molecule has 0 N–H and O–H groups in total. The second-order valence-electron chi connectivity index (χ2n) is 2.87. The second kappa shape index (κ2) is 6.12. The molecule has 0 atom stereocenters. The normalized spacial score (nSPS) is 11.4. The van der Waals surface area contributed by atoms with E-state index in [2.05, 4.69) is 9.89 Å². The van der Waals surface area contributed by atoms with Crippen LogP contribution in [0.5, 0.6) is 0 Å². The van der Waals surface area contributed by atoms with Gasteiger partial charge in [0.2, 0.25) is 5.71 Å². The van der Waals surface area contributed by atoms with E-state index in [1.807, 2.05) is 0 Å². The van der Waals surface area contributed by atoms with Crippen molar-refractivity contribution in [2.24, 2.45) is 5.16 Å². The molecule has 0 heterocycles. The van der Waals surface area contributed by atoms with Crippen molar-refractivity contribution in [3.8, 4) is 0 Å². The Bertz CT molecular complexity index is 245. The van der Waals surface area contributed by atoms with Crippen molar-refractivity contribution >= 4 is 17.5 Å². The van der Waals surface area contributed by atoms with Crippen LogP contribution in [0.3, 0.4) is 0 Å². The molecule has 0 amide bonds. The number of esters is 1. The van der Waals surface area contributed by atoms with E-state index in [1.165, 1.54) is 6.92 Å². The van der Waals surface area contributed by atoms with Crippen LogP contribution in [0, 0.1) is 0 Å². The Labute approximate surface area is 83.1 Å². The van der Waals surface area contributed by atoms with E-state index in [0.29, 0.717) is 0 Å². The van der Waals surface area contributed by atoms with Crippen molar-refractivity contribution in [2.75, 3.05) is 6.61 Å². The first kappa shape index (κ1) is 12.6. The van der Waals surface area contributed by atoms with Gasteiger partial charge in [0.05, 0.1) is 6.61 Å². The highest BCUT2D eigenvalue weighted by molar-refractivity contribution is 6.63. The summed E-state index contributed by atoms with van der Waals surface area (Å²) in [6, 6.07) is 0. The highest BCUT2D eigenvalue weighted by Crippen LogP contribution is 1.93. The maximum atomic E-state index is 11.1. The number of nitrogens with zero attached hydrogens (tertiary/aromatic N) is 1. The molecular formula is C9H15NO4. The first-order valence-corrected chi connectivity index (χ1v) is 4.40. The molecule has 14 heavy (non-hydrogen) atoms. The number of ether oxygens (including phenoxy) is 1. The summed E-state index contributed by atoms with van der Waals surface area (Å²) in [7, 11) is 0. The van der Waals surface area contributed by atoms with Crippen LogP contribution in [0.15, 0.2) is 5.16 Å². The molecule has 0 aliphatic rings. The van der Waals surface area contributed by atoms with E-state index >= 15 is 0 Å². The van der Waals surface area contributed by atoms with Crippen LogP contribution in [0.4, 0.5) is 0 Å². The number of rotatable bonds is 5. The fraction of sp³-hybridized carbons (Fsp3) is 0.667. The van der Waals surface area contributed by atoms with Gasteiger partial charge in [-0.05, 0) is 20.8 Å². The smallest absolute Gasteiger partial charge is 0.364 e. The molecule has 0 aliphatic heterocycles. The van der Waals surface area contributed by atoms with Crippen molar-refractivity contribution in [1.82, 2.24) is 0 Å². The molecule has 0 fully saturated rings. The van der Waals surface area contributed by atoms with Crippen LogP contribution in [-0.4, -0.2) is 30.2 Å². The maximum Gasteiger partial charge on any atom is 0.364 e. The number of hydrogen-bond acceptors (Lipinski definition) is 5. The molecule has 0 spiro atoms. The zero-order chi connectivity index (χ0) is 11.1. The van der Waals surface area contributed by atoms with Crippen molar-refractivity contribution in [2.45, 2.75) is 33.8 Å². The minimum atomic E-state index is -0.749. The van der Waals surface area contributed by atoms with Gasteiger partial charge in [0.1, 0.15) is 6.10 Å². The van der Waals surface area contributed by atoms with Crippen LogP contribution in [0.2, 0.25) is 0 Å². The van der Waals surface area contributed by atoms with E-state index in [1.54, 1.807) is 20.8 Å². The lowest BCUT2D eigenvalue weighted by atomic mass is 10.3. The van der Waals surface area contributed by atoms with Gasteiger partial charge < -0.3 is 9.57 Å². The predicted octanol–water partition coefficient (Wildman–Crippen LogP) is 0.919. The zero-order valence-corrected chi connectivity index (χ0v) is 8.86. The van der Waals surface area contributed by atoms with Gasteiger partial charge in [0.25, 0.3) is 0 Å². The molecule has 0 saturated heterocycles. The minimum absolute atomic E-state index is 0.182. The molecule has 0 saturated carbocycles. The summed E-state index contributed by atoms with van der Waals surface area (Å²) in [6.07, 6.45) is -0.182. The average Bonchev–Trinajstić information content (AvgIpc) is 2.03. The maximum absolute atomic E-state index is 11.1. The van der Waals surface area contributed by atoms with Crippen LogP contribution in [0.1, 0.15) is 27.7 Å². The Morgan fingerprint density at radius 3 is 2.29 bits per heavy atom. The number of carbonyl (C=O) groups is 2. The van der Waals surface area contributed by atoms with E-state index in [0.717, 1.165) is 0 Å². The van der Waals surface area contributed by atoms with Crippen LogP contribution in [0.25, 0.3) is 0 Å². The molecule has 0 radical (unpaired) electrons. The monoisotopic (exact) mass is 201 g/mol. The fourth-order valence-corrected chi connectivity index (χ4v) is 0.603. The Hall–Kier alpha value is -1.39. The topological polar surface area (TPSA) is 65.0 Å². The molecule has 0 aliphatic carbocycles. The van der Waals surface area contributed by atoms with Crippen LogP contribution < -0.4 is 0 Å². The van der Waals surface area contributed by atoms with Crippen molar-refractivity contribution in [1.29, 1.82) is 0 Å². The van der Waals surface area contributed by atoms with Crippen LogP contribution in [-0.2, 0) is 19.2 Å². The summed E-state index contributed by atoms with van der Waals surface area (Å²) < 4.78 is 4.63. The molecule has 0 bridgehead atoms. The third-order valence-corrected chi connectivity index (χ3v) is 1.16. The quantitative estimate of drug-likeness (QED) is 0.287. The van der Waals surface area contributed by atoms with Crippen molar-refractivity contribution in [3.63, 3.8) is 0 Å². The van der Waals surface area contributed by atoms with Gasteiger partial charge in [-0.25, -0.2) is 4.79 Å². The molecule has 0 rings (SSSR count). The van der Waals surface area contributed by atoms with E-state index < -0.39 is 11.8 Å². The fourth-order valence-electron chi connectivity index (χ4n) is 0.603. The molecule has 0 aromatic heterocycles. The van der Waals surface area contributed by atoms with Gasteiger partial charge in [-0.3, -0.25) is 4.79 Å². The van der Waals surface area contributed by atoms with Crippen LogP contribution >= 0.6 is 0 Å². The third kappa shape index (κ3) is 4.59. The van der Waals surface area contributed by atoms with E-state index in [9.17, 15) is 9.59 Å². The van der Waals surface area contributed by atoms with Gasteiger partial charge >= 0.3 is 5.97 Å². The molecule has 80 valence electrons. The minimum Gasteiger partial charge on any atom is -0.461 e. The summed E-state index contributed by atoms with van der Waals surface area (Å²) in [5.74, 6) is -1.22. The second-order valence-corrected chi connectivity index (χ2v) is 2.87. The van der Waals surface area contributed by atoms with Gasteiger partial charge in [0, 0.05) is 6.92 Å². The highest BCUT2D eigenvalue weighted by Gasteiger charge is 2.18. The SMILES string of the molecule is CCOC(=O)C(=NOC(C)C)C(C)=O. The predicted molar refractivity (Wildman–Crippen MR) is 51.0 cm³/mol. The Morgan fingerprint density at radius 2 is 1.93 bits per heavy atom. The van der Waals surface area contributed by atoms with Gasteiger partial charge in [-0.15, -0.1) is 0 Å². The molecular weight excluding hydrogens is 186 g/mol. The van der Waals surface area contributed by atoms with E-state index in [-0.39, 0.29) is 18.4 Å². The van der Waals surface area contributed by atoms with Gasteiger partial charge in [0.15, 0.2) is 5.78 Å². The zero-order valence-electron chi connectivity index (χ0n) is 8.86. The number of hydrogen-bond donors (Lipinski definition) is 0. The lowest BCUT2D eigenvalue weighted by molar-refractivity contribution is -0.136. The largest absolute Gasteiger partial charge is 0.461 e. The summed E-state index contributed by atoms with van der Waals surface area (Å²) in [5, 5.41) is 3.43. The standard InChI is InChI=1S/C9H15NO4/c1-5-13-9(12)8(7(4)11)10-14-6(2)3/h6H,5H2,1-4H3. The first-order valence-electron chi connectivity index (χ1n) is 4.40. The summed E-state index contributed by atoms with van der Waals surface area (Å²) in [4.78, 5) is 26.9. The van der Waals surface area contributed by atoms with Crippen molar-refractivity contribution < 1.29 is 19.2 Å². The molecule has 0 unspecified atom stereocenters. The van der Waals surface area contributed by atoms with E-state index in [4.69, 9.17) is 4.84 Å². The number of carbonyl (C=O) groups excluding carboxylic acids is 2. The summed E-state index contributed by atoms with van der Waals surface area (Å²) >= 11 is 0. The van der Waals surface area contributed by atoms with Gasteiger partial charge in [-0.2, -0.15) is 0 Å².